The first-order chi connectivity index (χ1) is 10.9. The van der Waals surface area contributed by atoms with Gasteiger partial charge < -0.3 is 10.2 Å². The topological polar surface area (TPSA) is 83.6 Å². The summed E-state index contributed by atoms with van der Waals surface area (Å²) in [5, 5.41) is 3.17. The standard InChI is InChI=1S/C15H17ClN2O4S/c16-12-3-1-2-4-13(12)17-15(20)10-7-14(19)18(8-10)11-5-6-23(21,22)9-11/h1-4,10-11H,5-9H2,(H,17,20). The van der Waals surface area contributed by atoms with Gasteiger partial charge in [-0.3, -0.25) is 9.59 Å². The summed E-state index contributed by atoms with van der Waals surface area (Å²) >= 11 is 6.01. The van der Waals surface area contributed by atoms with E-state index in [9.17, 15) is 18.0 Å². The molecule has 2 fully saturated rings. The normalized spacial score (nSPS) is 26.5. The van der Waals surface area contributed by atoms with Gasteiger partial charge in [0.15, 0.2) is 9.84 Å². The number of rotatable bonds is 3. The highest BCUT2D eigenvalue weighted by molar-refractivity contribution is 7.91. The molecule has 23 heavy (non-hydrogen) atoms. The van der Waals surface area contributed by atoms with E-state index in [1.165, 1.54) is 0 Å². The second-order valence-electron chi connectivity index (χ2n) is 5.97. The summed E-state index contributed by atoms with van der Waals surface area (Å²) < 4.78 is 23.1. The van der Waals surface area contributed by atoms with Crippen molar-refractivity contribution in [1.82, 2.24) is 4.90 Å². The molecule has 2 heterocycles. The van der Waals surface area contributed by atoms with Crippen LogP contribution in [0, 0.1) is 5.92 Å². The first-order valence-electron chi connectivity index (χ1n) is 7.41. The molecule has 0 aromatic heterocycles. The molecular weight excluding hydrogens is 340 g/mol. The summed E-state index contributed by atoms with van der Waals surface area (Å²) in [4.78, 5) is 26.0. The van der Waals surface area contributed by atoms with E-state index in [1.807, 2.05) is 0 Å². The number of carbonyl (C=O) groups is 2. The number of benzene rings is 1. The third-order valence-corrected chi connectivity index (χ3v) is 6.39. The van der Waals surface area contributed by atoms with Gasteiger partial charge in [-0.25, -0.2) is 8.42 Å². The zero-order chi connectivity index (χ0) is 16.6. The Bertz CT molecular complexity index is 750. The van der Waals surface area contributed by atoms with Gasteiger partial charge in [-0.15, -0.1) is 0 Å². The van der Waals surface area contributed by atoms with Crippen molar-refractivity contribution in [2.75, 3.05) is 23.4 Å². The van der Waals surface area contributed by atoms with Crippen molar-refractivity contribution in [1.29, 1.82) is 0 Å². The highest BCUT2D eigenvalue weighted by Gasteiger charge is 2.41. The van der Waals surface area contributed by atoms with Gasteiger partial charge in [-0.1, -0.05) is 23.7 Å². The van der Waals surface area contributed by atoms with Gasteiger partial charge in [0, 0.05) is 19.0 Å². The molecule has 2 atom stereocenters. The molecule has 2 saturated heterocycles. The molecule has 0 radical (unpaired) electrons. The van der Waals surface area contributed by atoms with Crippen molar-refractivity contribution in [2.24, 2.45) is 5.92 Å². The van der Waals surface area contributed by atoms with Crippen molar-refractivity contribution in [3.05, 3.63) is 29.3 Å². The SMILES string of the molecule is O=C(Nc1ccccc1Cl)C1CC(=O)N(C2CCS(=O)(=O)C2)C1. The number of hydrogen-bond acceptors (Lipinski definition) is 4. The van der Waals surface area contributed by atoms with E-state index in [0.29, 0.717) is 17.1 Å². The molecule has 0 saturated carbocycles. The van der Waals surface area contributed by atoms with E-state index >= 15 is 0 Å². The van der Waals surface area contributed by atoms with Crippen LogP contribution in [0.5, 0.6) is 0 Å². The number of anilines is 1. The lowest BCUT2D eigenvalue weighted by molar-refractivity contribution is -0.129. The average Bonchev–Trinajstić information content (AvgIpc) is 3.04. The van der Waals surface area contributed by atoms with Crippen LogP contribution in [0.3, 0.4) is 0 Å². The molecule has 1 N–H and O–H groups in total. The van der Waals surface area contributed by atoms with Gasteiger partial charge in [0.05, 0.1) is 28.1 Å². The van der Waals surface area contributed by atoms with E-state index < -0.39 is 15.8 Å². The molecule has 3 rings (SSSR count). The number of sulfone groups is 1. The summed E-state index contributed by atoms with van der Waals surface area (Å²) in [6.07, 6.45) is 0.555. The van der Waals surface area contributed by atoms with E-state index in [2.05, 4.69) is 5.32 Å². The van der Waals surface area contributed by atoms with Gasteiger partial charge >= 0.3 is 0 Å². The van der Waals surface area contributed by atoms with Crippen LogP contribution in [-0.2, 0) is 19.4 Å². The number of likely N-dealkylation sites (tertiary alicyclic amines) is 1. The van der Waals surface area contributed by atoms with Gasteiger partial charge in [-0.05, 0) is 18.6 Å². The minimum atomic E-state index is -3.06. The first-order valence-corrected chi connectivity index (χ1v) is 9.61. The Labute approximate surface area is 139 Å². The van der Waals surface area contributed by atoms with Crippen LogP contribution >= 0.6 is 11.6 Å². The number of hydrogen-bond donors (Lipinski definition) is 1. The molecule has 2 unspecified atom stereocenters. The summed E-state index contributed by atoms with van der Waals surface area (Å²) in [6.45, 7) is 0.259. The van der Waals surface area contributed by atoms with Crippen LogP contribution in [0.25, 0.3) is 0 Å². The number of para-hydroxylation sites is 1. The fraction of sp³-hybridized carbons (Fsp3) is 0.467. The van der Waals surface area contributed by atoms with Gasteiger partial charge in [-0.2, -0.15) is 0 Å². The Morgan fingerprint density at radius 1 is 1.30 bits per heavy atom. The van der Waals surface area contributed by atoms with Crippen LogP contribution in [0.15, 0.2) is 24.3 Å². The molecule has 0 bridgehead atoms. The molecule has 6 nitrogen and oxygen atoms in total. The van der Waals surface area contributed by atoms with E-state index in [0.717, 1.165) is 0 Å². The maximum atomic E-state index is 12.3. The Kier molecular flexibility index (Phi) is 4.33. The Morgan fingerprint density at radius 3 is 2.70 bits per heavy atom. The Morgan fingerprint density at radius 2 is 2.04 bits per heavy atom. The Hall–Kier alpha value is -1.60. The highest BCUT2D eigenvalue weighted by atomic mass is 35.5. The van der Waals surface area contributed by atoms with Gasteiger partial charge in [0.25, 0.3) is 0 Å². The first kappa shape index (κ1) is 16.3. The smallest absolute Gasteiger partial charge is 0.229 e. The van der Waals surface area contributed by atoms with Gasteiger partial charge in [0.2, 0.25) is 11.8 Å². The number of carbonyl (C=O) groups excluding carboxylic acids is 2. The van der Waals surface area contributed by atoms with Crippen LogP contribution in [0.2, 0.25) is 5.02 Å². The van der Waals surface area contributed by atoms with Crippen LogP contribution in [-0.4, -0.2) is 49.2 Å². The number of amides is 2. The van der Waals surface area contributed by atoms with Crippen LogP contribution in [0.4, 0.5) is 5.69 Å². The molecule has 1 aromatic rings. The van der Waals surface area contributed by atoms with Crippen molar-refractivity contribution < 1.29 is 18.0 Å². The molecule has 2 aliphatic rings. The molecule has 0 aliphatic carbocycles. The number of nitrogens with one attached hydrogen (secondary N) is 1. The number of halogens is 1. The lowest BCUT2D eigenvalue weighted by Crippen LogP contribution is -2.38. The lowest BCUT2D eigenvalue weighted by atomic mass is 10.1. The fourth-order valence-corrected chi connectivity index (χ4v) is 4.99. The largest absolute Gasteiger partial charge is 0.338 e. The van der Waals surface area contributed by atoms with Crippen molar-refractivity contribution in [2.45, 2.75) is 18.9 Å². The second-order valence-corrected chi connectivity index (χ2v) is 8.61. The minimum absolute atomic E-state index is 0.00239. The summed E-state index contributed by atoms with van der Waals surface area (Å²) in [6, 6.07) is 6.59. The highest BCUT2D eigenvalue weighted by Crippen LogP contribution is 2.28. The van der Waals surface area contributed by atoms with Gasteiger partial charge in [0.1, 0.15) is 0 Å². The van der Waals surface area contributed by atoms with Crippen LogP contribution < -0.4 is 5.32 Å². The minimum Gasteiger partial charge on any atom is -0.338 e. The quantitative estimate of drug-likeness (QED) is 0.885. The molecule has 1 aromatic carbocycles. The van der Waals surface area contributed by atoms with E-state index in [-0.39, 0.29) is 42.3 Å². The molecule has 2 aliphatic heterocycles. The predicted octanol–water partition coefficient (Wildman–Crippen LogP) is 1.31. The molecule has 8 heteroatoms. The molecule has 2 amide bonds. The van der Waals surface area contributed by atoms with E-state index in [1.54, 1.807) is 29.2 Å². The van der Waals surface area contributed by atoms with Crippen molar-refractivity contribution in [3.8, 4) is 0 Å². The Balaban J connectivity index is 1.65. The zero-order valence-corrected chi connectivity index (χ0v) is 13.9. The molecule has 124 valence electrons. The summed E-state index contributed by atoms with van der Waals surface area (Å²) in [5.74, 6) is -0.807. The zero-order valence-electron chi connectivity index (χ0n) is 12.4. The fourth-order valence-electron chi connectivity index (χ4n) is 3.08. The van der Waals surface area contributed by atoms with E-state index in [4.69, 9.17) is 11.6 Å². The second kappa shape index (κ2) is 6.13. The summed E-state index contributed by atoms with van der Waals surface area (Å²) in [7, 11) is -3.06. The van der Waals surface area contributed by atoms with Crippen LogP contribution in [0.1, 0.15) is 12.8 Å². The maximum absolute atomic E-state index is 12.3. The van der Waals surface area contributed by atoms with Crippen molar-refractivity contribution >= 4 is 38.9 Å². The summed E-state index contributed by atoms with van der Waals surface area (Å²) in [5.41, 5.74) is 0.508. The third kappa shape index (κ3) is 3.50. The lowest BCUT2D eigenvalue weighted by Gasteiger charge is -2.23. The molecular formula is C15H17ClN2O4S. The van der Waals surface area contributed by atoms with Crippen molar-refractivity contribution in [3.63, 3.8) is 0 Å². The predicted molar refractivity (Wildman–Crippen MR) is 87.0 cm³/mol. The third-order valence-electron chi connectivity index (χ3n) is 4.31. The number of nitrogens with zero attached hydrogens (tertiary/aromatic N) is 1. The average molecular weight is 357 g/mol. The maximum Gasteiger partial charge on any atom is 0.229 e. The monoisotopic (exact) mass is 356 g/mol. The molecule has 0 spiro atoms.